The molecule has 0 N–H and O–H groups in total. The van der Waals surface area contributed by atoms with Crippen molar-refractivity contribution in [3.63, 3.8) is 0 Å². The van der Waals surface area contributed by atoms with Crippen LogP contribution in [0.1, 0.15) is 20.8 Å². The van der Waals surface area contributed by atoms with Crippen molar-refractivity contribution in [1.29, 1.82) is 0 Å². The van der Waals surface area contributed by atoms with E-state index >= 15 is 0 Å². The number of piperazine rings is 1. The van der Waals surface area contributed by atoms with E-state index in [-0.39, 0.29) is 11.7 Å². The molecule has 2 aliphatic rings. The number of rotatable bonds is 3. The fraction of sp³-hybridized carbons (Fsp3) is 0.318. The molecule has 0 spiro atoms. The normalized spacial score (nSPS) is 17.0. The van der Waals surface area contributed by atoms with E-state index in [0.29, 0.717) is 23.4 Å². The second-order valence-electron chi connectivity index (χ2n) is 7.37. The van der Waals surface area contributed by atoms with Gasteiger partial charge in [0.05, 0.1) is 11.5 Å². The van der Waals surface area contributed by atoms with Crippen LogP contribution in [0.3, 0.4) is 0 Å². The highest BCUT2D eigenvalue weighted by atomic mass is 32.1. The molecule has 2 aliphatic heterocycles. The first-order valence-corrected chi connectivity index (χ1v) is 10.4. The van der Waals surface area contributed by atoms with Crippen molar-refractivity contribution in [3.8, 4) is 5.75 Å². The van der Waals surface area contributed by atoms with Crippen LogP contribution in [-0.4, -0.2) is 48.5 Å². The van der Waals surface area contributed by atoms with Gasteiger partial charge in [0.15, 0.2) is 0 Å². The molecular formula is C22H21FN2O2S. The Kier molecular flexibility index (Phi) is 4.53. The summed E-state index contributed by atoms with van der Waals surface area (Å²) in [7, 11) is 0. The second-order valence-corrected chi connectivity index (χ2v) is 8.45. The molecule has 0 aliphatic carbocycles. The Hall–Kier alpha value is -2.44. The number of hydrogen-bond donors (Lipinski definition) is 0. The molecule has 1 saturated heterocycles. The fourth-order valence-corrected chi connectivity index (χ4v) is 5.04. The molecule has 0 bridgehead atoms. The minimum atomic E-state index is -0.266. The first-order chi connectivity index (χ1) is 13.7. The minimum Gasteiger partial charge on any atom is -0.493 e. The summed E-state index contributed by atoms with van der Waals surface area (Å²) in [4.78, 5) is 17.7. The Labute approximate surface area is 167 Å². The Morgan fingerprint density at radius 3 is 2.79 bits per heavy atom. The molecule has 3 aromatic rings. The van der Waals surface area contributed by atoms with Crippen LogP contribution < -0.4 is 4.74 Å². The first kappa shape index (κ1) is 17.6. The largest absolute Gasteiger partial charge is 0.493 e. The minimum absolute atomic E-state index is 0.00919. The predicted octanol–water partition coefficient (Wildman–Crippen LogP) is 3.93. The lowest BCUT2D eigenvalue weighted by molar-refractivity contribution is 0.0633. The van der Waals surface area contributed by atoms with E-state index in [0.717, 1.165) is 43.1 Å². The smallest absolute Gasteiger partial charge is 0.264 e. The quantitative estimate of drug-likeness (QED) is 0.672. The van der Waals surface area contributed by atoms with Gasteiger partial charge in [-0.2, -0.15) is 0 Å². The molecule has 0 unspecified atom stereocenters. The summed E-state index contributed by atoms with van der Waals surface area (Å²) < 4.78 is 20.3. The van der Waals surface area contributed by atoms with Crippen LogP contribution in [0.2, 0.25) is 0 Å². The number of nitrogens with zero attached hydrogens (tertiary/aromatic N) is 2. The summed E-state index contributed by atoms with van der Waals surface area (Å²) in [5, 5.41) is 0.537. The van der Waals surface area contributed by atoms with Crippen molar-refractivity contribution in [2.45, 2.75) is 13.0 Å². The van der Waals surface area contributed by atoms with Gasteiger partial charge in [-0.05, 0) is 35.4 Å². The Morgan fingerprint density at radius 2 is 1.96 bits per heavy atom. The molecule has 4 nitrogen and oxygen atoms in total. The lowest BCUT2D eigenvalue weighted by Crippen LogP contribution is -2.48. The number of hydrogen-bond acceptors (Lipinski definition) is 4. The number of carbonyl (C=O) groups is 1. The maximum Gasteiger partial charge on any atom is 0.264 e. The number of fused-ring (bicyclic) bond motifs is 2. The molecule has 3 heterocycles. The zero-order valence-electron chi connectivity index (χ0n) is 15.5. The van der Waals surface area contributed by atoms with Crippen LogP contribution in [0.25, 0.3) is 10.1 Å². The highest BCUT2D eigenvalue weighted by Gasteiger charge is 2.24. The topological polar surface area (TPSA) is 32.8 Å². The Balaban J connectivity index is 1.22. The molecule has 0 atom stereocenters. The number of ether oxygens (including phenoxy) is 1. The van der Waals surface area contributed by atoms with Crippen molar-refractivity contribution < 1.29 is 13.9 Å². The van der Waals surface area contributed by atoms with Crippen LogP contribution in [0, 0.1) is 5.82 Å². The van der Waals surface area contributed by atoms with Crippen molar-refractivity contribution in [1.82, 2.24) is 9.80 Å². The summed E-state index contributed by atoms with van der Waals surface area (Å²) in [6.45, 7) is 4.76. The fourth-order valence-electron chi connectivity index (χ4n) is 3.99. The van der Waals surface area contributed by atoms with Gasteiger partial charge in [0.2, 0.25) is 0 Å². The molecule has 5 rings (SSSR count). The van der Waals surface area contributed by atoms with Gasteiger partial charge in [0.25, 0.3) is 5.91 Å². The zero-order chi connectivity index (χ0) is 19.1. The van der Waals surface area contributed by atoms with E-state index in [1.165, 1.54) is 28.5 Å². The van der Waals surface area contributed by atoms with E-state index < -0.39 is 0 Å². The molecule has 1 aromatic heterocycles. The Bertz CT molecular complexity index is 1040. The van der Waals surface area contributed by atoms with Crippen LogP contribution in [-0.2, 0) is 13.0 Å². The van der Waals surface area contributed by atoms with Gasteiger partial charge in [-0.3, -0.25) is 9.69 Å². The maximum absolute atomic E-state index is 13.9. The van der Waals surface area contributed by atoms with E-state index in [1.807, 2.05) is 11.0 Å². The molecule has 2 aromatic carbocycles. The van der Waals surface area contributed by atoms with Crippen molar-refractivity contribution in [3.05, 3.63) is 64.3 Å². The lowest BCUT2D eigenvalue weighted by atomic mass is 10.1. The molecule has 6 heteroatoms. The number of halogens is 1. The molecular weight excluding hydrogens is 375 g/mol. The molecule has 1 amide bonds. The van der Waals surface area contributed by atoms with E-state index in [4.69, 9.17) is 4.74 Å². The van der Waals surface area contributed by atoms with Gasteiger partial charge in [-0.15, -0.1) is 11.3 Å². The van der Waals surface area contributed by atoms with Gasteiger partial charge in [-0.1, -0.05) is 18.2 Å². The first-order valence-electron chi connectivity index (χ1n) is 9.62. The second kappa shape index (κ2) is 7.18. The third kappa shape index (κ3) is 3.27. The van der Waals surface area contributed by atoms with E-state index in [2.05, 4.69) is 23.1 Å². The summed E-state index contributed by atoms with van der Waals surface area (Å²) in [6, 6.07) is 13.1. The van der Waals surface area contributed by atoms with E-state index in [9.17, 15) is 9.18 Å². The van der Waals surface area contributed by atoms with E-state index in [1.54, 1.807) is 12.1 Å². The zero-order valence-corrected chi connectivity index (χ0v) is 16.3. The summed E-state index contributed by atoms with van der Waals surface area (Å²) in [5.41, 5.74) is 2.59. The Morgan fingerprint density at radius 1 is 1.11 bits per heavy atom. The van der Waals surface area contributed by atoms with Gasteiger partial charge >= 0.3 is 0 Å². The van der Waals surface area contributed by atoms with Crippen LogP contribution in [0.5, 0.6) is 5.75 Å². The predicted molar refractivity (Wildman–Crippen MR) is 109 cm³/mol. The lowest BCUT2D eigenvalue weighted by Gasteiger charge is -2.34. The standard InChI is InChI=1S/C22H21FN2O2S/c23-18-2-1-3-20-17(18)13-21(28-20)22(26)25-9-7-24(8-10-25)14-15-4-5-19-16(12-15)6-11-27-19/h1-5,12-13H,6-11,14H2. The maximum atomic E-state index is 13.9. The third-order valence-corrected chi connectivity index (χ3v) is 6.63. The summed E-state index contributed by atoms with van der Waals surface area (Å²) in [6.07, 6.45) is 0.987. The highest BCUT2D eigenvalue weighted by molar-refractivity contribution is 7.20. The van der Waals surface area contributed by atoms with Crippen LogP contribution >= 0.6 is 11.3 Å². The number of carbonyl (C=O) groups excluding carboxylic acids is 1. The highest BCUT2D eigenvalue weighted by Crippen LogP contribution is 2.29. The average Bonchev–Trinajstić information content (AvgIpc) is 3.35. The monoisotopic (exact) mass is 396 g/mol. The van der Waals surface area contributed by atoms with Gasteiger partial charge in [-0.25, -0.2) is 4.39 Å². The SMILES string of the molecule is O=C(c1cc2c(F)cccc2s1)N1CCN(Cc2ccc3c(c2)CCO3)CC1. The van der Waals surface area contributed by atoms with Crippen LogP contribution in [0.15, 0.2) is 42.5 Å². The van der Waals surface area contributed by atoms with Gasteiger partial charge < -0.3 is 9.64 Å². The molecule has 144 valence electrons. The van der Waals surface area contributed by atoms with Gasteiger partial charge in [0.1, 0.15) is 11.6 Å². The van der Waals surface area contributed by atoms with Crippen LogP contribution in [0.4, 0.5) is 4.39 Å². The van der Waals surface area contributed by atoms with Gasteiger partial charge in [0, 0.05) is 49.2 Å². The summed E-state index contributed by atoms with van der Waals surface area (Å²) in [5.74, 6) is 0.756. The molecule has 0 radical (unpaired) electrons. The average molecular weight is 396 g/mol. The van der Waals surface area contributed by atoms with Crippen molar-refractivity contribution in [2.24, 2.45) is 0 Å². The van der Waals surface area contributed by atoms with Crippen molar-refractivity contribution in [2.75, 3.05) is 32.8 Å². The molecule has 28 heavy (non-hydrogen) atoms. The van der Waals surface area contributed by atoms with Crippen molar-refractivity contribution >= 4 is 27.3 Å². The number of amides is 1. The number of benzene rings is 2. The third-order valence-electron chi connectivity index (χ3n) is 5.54. The molecule has 1 fully saturated rings. The summed E-state index contributed by atoms with van der Waals surface area (Å²) >= 11 is 1.37. The molecule has 0 saturated carbocycles. The number of thiophene rings is 1.